The Kier molecular flexibility index (Phi) is 10.2. The van der Waals surface area contributed by atoms with Crippen LogP contribution < -0.4 is 20.7 Å². The smallest absolute Gasteiger partial charge is 0.251 e. The van der Waals surface area contributed by atoms with E-state index in [0.717, 1.165) is 17.7 Å². The highest BCUT2D eigenvalue weighted by Gasteiger charge is 2.07. The third-order valence-corrected chi connectivity index (χ3v) is 4.25. The minimum Gasteiger partial charge on any atom is -0.494 e. The van der Waals surface area contributed by atoms with Gasteiger partial charge in [0.05, 0.1) is 6.61 Å². The molecular formula is C23H27N3O4S. The van der Waals surface area contributed by atoms with Gasteiger partial charge in [-0.1, -0.05) is 18.2 Å². The van der Waals surface area contributed by atoms with Crippen LogP contribution in [0.2, 0.25) is 0 Å². The molecule has 0 aliphatic rings. The molecule has 0 saturated carbocycles. The van der Waals surface area contributed by atoms with E-state index in [0.29, 0.717) is 31.0 Å². The first-order valence-electron chi connectivity index (χ1n) is 9.92. The SMILES string of the molecule is CCOc1ccc(/C=C/C(=O)NC(=S)Nc2cccc(C(=O)NCCCOC)c2)cc1. The van der Waals surface area contributed by atoms with Crippen LogP contribution in [0.3, 0.4) is 0 Å². The molecule has 0 aromatic heterocycles. The van der Waals surface area contributed by atoms with Gasteiger partial charge in [-0.05, 0) is 67.5 Å². The Hall–Kier alpha value is -3.23. The largest absolute Gasteiger partial charge is 0.494 e. The van der Waals surface area contributed by atoms with Gasteiger partial charge in [0.25, 0.3) is 5.91 Å². The molecule has 3 N–H and O–H groups in total. The first-order chi connectivity index (χ1) is 15.0. The zero-order valence-corrected chi connectivity index (χ0v) is 18.5. The van der Waals surface area contributed by atoms with E-state index in [4.69, 9.17) is 21.7 Å². The number of ether oxygens (including phenoxy) is 2. The van der Waals surface area contributed by atoms with Crippen molar-refractivity contribution in [3.05, 3.63) is 65.7 Å². The fraction of sp³-hybridized carbons (Fsp3) is 0.261. The molecule has 7 nitrogen and oxygen atoms in total. The average Bonchev–Trinajstić information content (AvgIpc) is 2.76. The summed E-state index contributed by atoms with van der Waals surface area (Å²) in [6, 6.07) is 14.3. The fourth-order valence-electron chi connectivity index (χ4n) is 2.59. The maximum atomic E-state index is 12.2. The molecule has 2 rings (SSSR count). The highest BCUT2D eigenvalue weighted by Crippen LogP contribution is 2.13. The molecule has 0 bridgehead atoms. The molecule has 0 unspecified atom stereocenters. The predicted molar refractivity (Wildman–Crippen MR) is 126 cm³/mol. The van der Waals surface area contributed by atoms with Gasteiger partial charge in [0.15, 0.2) is 5.11 Å². The van der Waals surface area contributed by atoms with E-state index < -0.39 is 0 Å². The van der Waals surface area contributed by atoms with Gasteiger partial charge in [-0.25, -0.2) is 0 Å². The molecule has 2 aromatic carbocycles. The van der Waals surface area contributed by atoms with Crippen LogP contribution in [0, 0.1) is 0 Å². The van der Waals surface area contributed by atoms with Gasteiger partial charge in [0.2, 0.25) is 5.91 Å². The Morgan fingerprint density at radius 1 is 1.13 bits per heavy atom. The van der Waals surface area contributed by atoms with Crippen LogP contribution in [0.25, 0.3) is 6.08 Å². The van der Waals surface area contributed by atoms with Gasteiger partial charge in [-0.3, -0.25) is 14.9 Å². The van der Waals surface area contributed by atoms with E-state index >= 15 is 0 Å². The number of hydrogen-bond donors (Lipinski definition) is 3. The third-order valence-electron chi connectivity index (χ3n) is 4.05. The summed E-state index contributed by atoms with van der Waals surface area (Å²) >= 11 is 5.19. The van der Waals surface area contributed by atoms with Crippen molar-refractivity contribution >= 4 is 40.9 Å². The summed E-state index contributed by atoms with van der Waals surface area (Å²) in [5.41, 5.74) is 1.96. The van der Waals surface area contributed by atoms with Crippen molar-refractivity contribution < 1.29 is 19.1 Å². The van der Waals surface area contributed by atoms with Gasteiger partial charge >= 0.3 is 0 Å². The van der Waals surface area contributed by atoms with Crippen LogP contribution in [0.15, 0.2) is 54.6 Å². The van der Waals surface area contributed by atoms with Crippen LogP contribution in [0.4, 0.5) is 5.69 Å². The molecule has 164 valence electrons. The number of benzene rings is 2. The second-order valence-electron chi connectivity index (χ2n) is 6.46. The Balaban J connectivity index is 1.84. The maximum Gasteiger partial charge on any atom is 0.251 e. The second kappa shape index (κ2) is 13.1. The number of hydrogen-bond acceptors (Lipinski definition) is 5. The van der Waals surface area contributed by atoms with Crippen molar-refractivity contribution in [3.63, 3.8) is 0 Å². The minimum atomic E-state index is -0.363. The molecule has 0 aliphatic heterocycles. The molecule has 0 atom stereocenters. The lowest BCUT2D eigenvalue weighted by molar-refractivity contribution is -0.115. The minimum absolute atomic E-state index is 0.138. The average molecular weight is 442 g/mol. The van der Waals surface area contributed by atoms with E-state index in [1.165, 1.54) is 6.08 Å². The fourth-order valence-corrected chi connectivity index (χ4v) is 2.81. The highest BCUT2D eigenvalue weighted by atomic mass is 32.1. The lowest BCUT2D eigenvalue weighted by Gasteiger charge is -2.10. The second-order valence-corrected chi connectivity index (χ2v) is 6.87. The zero-order valence-electron chi connectivity index (χ0n) is 17.6. The normalized spacial score (nSPS) is 10.5. The number of carbonyl (C=O) groups excluding carboxylic acids is 2. The van der Waals surface area contributed by atoms with Crippen molar-refractivity contribution in [2.75, 3.05) is 32.2 Å². The number of methoxy groups -OCH3 is 1. The molecule has 2 amide bonds. The van der Waals surface area contributed by atoms with Crippen molar-refractivity contribution in [2.24, 2.45) is 0 Å². The number of amides is 2. The van der Waals surface area contributed by atoms with E-state index in [1.54, 1.807) is 37.5 Å². The first kappa shape index (κ1) is 24.0. The van der Waals surface area contributed by atoms with Crippen LogP contribution in [0.1, 0.15) is 29.3 Å². The first-order valence-corrected chi connectivity index (χ1v) is 10.3. The molecule has 0 aliphatic carbocycles. The Labute approximate surface area is 187 Å². The van der Waals surface area contributed by atoms with E-state index in [9.17, 15) is 9.59 Å². The van der Waals surface area contributed by atoms with Crippen molar-refractivity contribution in [1.82, 2.24) is 10.6 Å². The number of thiocarbonyl (C=S) groups is 1. The molecule has 8 heteroatoms. The van der Waals surface area contributed by atoms with Crippen molar-refractivity contribution in [3.8, 4) is 5.75 Å². The summed E-state index contributed by atoms with van der Waals surface area (Å²) in [6.07, 6.45) is 3.82. The van der Waals surface area contributed by atoms with Gasteiger partial charge in [-0.15, -0.1) is 0 Å². The summed E-state index contributed by atoms with van der Waals surface area (Å²) < 4.78 is 10.3. The topological polar surface area (TPSA) is 88.7 Å². The lowest BCUT2D eigenvalue weighted by Crippen LogP contribution is -2.33. The summed E-state index contributed by atoms with van der Waals surface area (Å²) in [4.78, 5) is 24.3. The summed E-state index contributed by atoms with van der Waals surface area (Å²) in [5, 5.41) is 8.46. The molecule has 31 heavy (non-hydrogen) atoms. The van der Waals surface area contributed by atoms with Gasteiger partial charge in [-0.2, -0.15) is 0 Å². The Bertz CT molecular complexity index is 913. The summed E-state index contributed by atoms with van der Waals surface area (Å²) in [5.74, 6) is 0.229. The van der Waals surface area contributed by atoms with Crippen LogP contribution in [-0.2, 0) is 9.53 Å². The Morgan fingerprint density at radius 3 is 2.61 bits per heavy atom. The number of carbonyl (C=O) groups is 2. The molecule has 0 saturated heterocycles. The molecule has 0 heterocycles. The molecule has 0 spiro atoms. The van der Waals surface area contributed by atoms with E-state index in [-0.39, 0.29) is 16.9 Å². The predicted octanol–water partition coefficient (Wildman–Crippen LogP) is 3.38. The molecule has 2 aromatic rings. The van der Waals surface area contributed by atoms with Gasteiger partial charge < -0.3 is 20.1 Å². The Morgan fingerprint density at radius 2 is 1.90 bits per heavy atom. The number of rotatable bonds is 10. The van der Waals surface area contributed by atoms with Crippen LogP contribution in [0.5, 0.6) is 5.75 Å². The molecular weight excluding hydrogens is 414 g/mol. The lowest BCUT2D eigenvalue weighted by atomic mass is 10.2. The van der Waals surface area contributed by atoms with Crippen molar-refractivity contribution in [2.45, 2.75) is 13.3 Å². The number of nitrogens with one attached hydrogen (secondary N) is 3. The highest BCUT2D eigenvalue weighted by molar-refractivity contribution is 7.80. The quantitative estimate of drug-likeness (QED) is 0.298. The standard InChI is InChI=1S/C23H27N3O4S/c1-3-30-20-11-8-17(9-12-20)10-13-21(27)26-23(31)25-19-7-4-6-18(16-19)22(28)24-14-5-15-29-2/h4,6-13,16H,3,5,14-15H2,1-2H3,(H,24,28)(H2,25,26,27,31)/b13-10+. The van der Waals surface area contributed by atoms with Gasteiger partial charge in [0, 0.05) is 37.6 Å². The number of anilines is 1. The van der Waals surface area contributed by atoms with Gasteiger partial charge in [0.1, 0.15) is 5.75 Å². The van der Waals surface area contributed by atoms with E-state index in [1.807, 2.05) is 31.2 Å². The molecule has 0 fully saturated rings. The maximum absolute atomic E-state index is 12.2. The molecule has 0 radical (unpaired) electrons. The zero-order chi connectivity index (χ0) is 22.5. The van der Waals surface area contributed by atoms with Crippen LogP contribution >= 0.6 is 12.2 Å². The third kappa shape index (κ3) is 8.98. The monoisotopic (exact) mass is 441 g/mol. The summed E-state index contributed by atoms with van der Waals surface area (Å²) in [7, 11) is 1.62. The van der Waals surface area contributed by atoms with Crippen LogP contribution in [-0.4, -0.2) is 43.8 Å². The van der Waals surface area contributed by atoms with E-state index in [2.05, 4.69) is 16.0 Å². The van der Waals surface area contributed by atoms with Crippen molar-refractivity contribution in [1.29, 1.82) is 0 Å². The summed E-state index contributed by atoms with van der Waals surface area (Å²) in [6.45, 7) is 3.64.